The van der Waals surface area contributed by atoms with Gasteiger partial charge in [-0.1, -0.05) is 0 Å². The third-order valence-electron chi connectivity index (χ3n) is 3.33. The molecule has 7 heteroatoms. The van der Waals surface area contributed by atoms with E-state index in [9.17, 15) is 8.42 Å². The van der Waals surface area contributed by atoms with E-state index in [4.69, 9.17) is 4.74 Å². The Kier molecular flexibility index (Phi) is 4.62. The molecule has 1 saturated heterocycles. The van der Waals surface area contributed by atoms with E-state index in [1.807, 2.05) is 13.0 Å². The molecule has 0 aromatic carbocycles. The Labute approximate surface area is 118 Å². The molecule has 1 atom stereocenters. The molecular formula is C12H20N2O3S2. The lowest BCUT2D eigenvalue weighted by Crippen LogP contribution is -2.52. The van der Waals surface area contributed by atoms with Crippen molar-refractivity contribution < 1.29 is 13.2 Å². The third kappa shape index (κ3) is 3.55. The van der Waals surface area contributed by atoms with Crippen molar-refractivity contribution in [2.75, 3.05) is 26.8 Å². The molecule has 1 aromatic heterocycles. The normalized spacial score (nSPS) is 23.9. The fourth-order valence-corrected chi connectivity index (χ4v) is 4.79. The van der Waals surface area contributed by atoms with Gasteiger partial charge in [-0.05, 0) is 38.4 Å². The van der Waals surface area contributed by atoms with Crippen molar-refractivity contribution in [1.29, 1.82) is 0 Å². The Morgan fingerprint density at radius 2 is 2.32 bits per heavy atom. The van der Waals surface area contributed by atoms with Crippen LogP contribution in [0.2, 0.25) is 0 Å². The topological polar surface area (TPSA) is 67.4 Å². The zero-order chi connectivity index (χ0) is 13.9. The molecule has 2 N–H and O–H groups in total. The number of aryl methyl sites for hydroxylation is 1. The molecule has 1 aliphatic rings. The molecule has 0 radical (unpaired) electrons. The molecule has 1 unspecified atom stereocenters. The van der Waals surface area contributed by atoms with Crippen LogP contribution >= 0.6 is 11.3 Å². The molecule has 2 rings (SSSR count). The molecule has 0 amide bonds. The number of nitrogens with one attached hydrogen (secondary N) is 2. The highest BCUT2D eigenvalue weighted by Gasteiger charge is 2.34. The van der Waals surface area contributed by atoms with E-state index >= 15 is 0 Å². The first kappa shape index (κ1) is 14.9. The molecule has 1 fully saturated rings. The first-order chi connectivity index (χ1) is 8.97. The summed E-state index contributed by atoms with van der Waals surface area (Å²) >= 11 is 1.29. The van der Waals surface area contributed by atoms with Gasteiger partial charge in [0.25, 0.3) is 0 Å². The van der Waals surface area contributed by atoms with Gasteiger partial charge in [0, 0.05) is 18.5 Å². The van der Waals surface area contributed by atoms with E-state index in [1.54, 1.807) is 13.2 Å². The van der Waals surface area contributed by atoms with E-state index in [0.29, 0.717) is 17.4 Å². The van der Waals surface area contributed by atoms with Crippen molar-refractivity contribution >= 4 is 21.4 Å². The molecule has 0 saturated carbocycles. The highest BCUT2D eigenvalue weighted by Crippen LogP contribution is 2.23. The van der Waals surface area contributed by atoms with Crippen molar-refractivity contribution in [3.63, 3.8) is 0 Å². The van der Waals surface area contributed by atoms with Crippen LogP contribution in [0.25, 0.3) is 0 Å². The summed E-state index contributed by atoms with van der Waals surface area (Å²) in [6, 6.07) is 3.46. The first-order valence-electron chi connectivity index (χ1n) is 6.28. The number of hydrogen-bond acceptors (Lipinski definition) is 5. The number of ether oxygens (including phenoxy) is 1. The van der Waals surface area contributed by atoms with Crippen LogP contribution in [0.4, 0.5) is 0 Å². The lowest BCUT2D eigenvalue weighted by molar-refractivity contribution is 0.122. The van der Waals surface area contributed by atoms with Crippen LogP contribution in [0.3, 0.4) is 0 Å². The second kappa shape index (κ2) is 5.88. The monoisotopic (exact) mass is 304 g/mol. The Morgan fingerprint density at radius 1 is 1.53 bits per heavy atom. The minimum atomic E-state index is -3.41. The van der Waals surface area contributed by atoms with E-state index in [0.717, 1.165) is 24.3 Å². The summed E-state index contributed by atoms with van der Waals surface area (Å²) in [7, 11) is -1.77. The van der Waals surface area contributed by atoms with Crippen LogP contribution in [-0.2, 0) is 14.8 Å². The largest absolute Gasteiger partial charge is 0.383 e. The summed E-state index contributed by atoms with van der Waals surface area (Å²) in [6.45, 7) is 3.68. The molecule has 0 bridgehead atoms. The number of rotatable bonds is 6. The molecule has 108 valence electrons. The lowest BCUT2D eigenvalue weighted by Gasteiger charge is -2.28. The van der Waals surface area contributed by atoms with Gasteiger partial charge < -0.3 is 10.1 Å². The number of methoxy groups -OCH3 is 1. The maximum Gasteiger partial charge on any atom is 0.250 e. The lowest BCUT2D eigenvalue weighted by atomic mass is 9.99. The Morgan fingerprint density at radius 3 is 2.84 bits per heavy atom. The highest BCUT2D eigenvalue weighted by molar-refractivity contribution is 7.91. The van der Waals surface area contributed by atoms with Gasteiger partial charge in [0.15, 0.2) is 0 Å². The Bertz CT molecular complexity index is 519. The second-order valence-corrected chi connectivity index (χ2v) is 8.21. The summed E-state index contributed by atoms with van der Waals surface area (Å²) in [6.07, 6.45) is 1.97. The molecule has 1 aromatic rings. The van der Waals surface area contributed by atoms with E-state index in [1.165, 1.54) is 11.3 Å². The van der Waals surface area contributed by atoms with Crippen molar-refractivity contribution in [3.05, 3.63) is 17.0 Å². The van der Waals surface area contributed by atoms with Gasteiger partial charge >= 0.3 is 0 Å². The summed E-state index contributed by atoms with van der Waals surface area (Å²) in [5, 5.41) is 3.35. The Balaban J connectivity index is 2.04. The van der Waals surface area contributed by atoms with Crippen LogP contribution < -0.4 is 10.0 Å². The maximum atomic E-state index is 12.2. The molecule has 2 heterocycles. The fourth-order valence-electron chi connectivity index (χ4n) is 2.33. The average Bonchev–Trinajstić information content (AvgIpc) is 2.98. The predicted molar refractivity (Wildman–Crippen MR) is 76.1 cm³/mol. The fraction of sp³-hybridized carbons (Fsp3) is 0.667. The molecular weight excluding hydrogens is 284 g/mol. The molecule has 0 spiro atoms. The summed E-state index contributed by atoms with van der Waals surface area (Å²) in [5.41, 5.74) is -0.270. The van der Waals surface area contributed by atoms with Gasteiger partial charge in [-0.25, -0.2) is 13.1 Å². The first-order valence-corrected chi connectivity index (χ1v) is 8.57. The molecule has 19 heavy (non-hydrogen) atoms. The standard InChI is InChI=1S/C12H20N2O3S2/c1-10-4-5-11(18-10)19(15,16)14-8-12(9-17-2)6-3-7-13-12/h4-5,13-14H,3,6-9H2,1-2H3. The summed E-state index contributed by atoms with van der Waals surface area (Å²) in [4.78, 5) is 0.992. The number of hydrogen-bond donors (Lipinski definition) is 2. The molecule has 5 nitrogen and oxygen atoms in total. The minimum Gasteiger partial charge on any atom is -0.383 e. The average molecular weight is 304 g/mol. The zero-order valence-electron chi connectivity index (χ0n) is 11.2. The van der Waals surface area contributed by atoms with Crippen molar-refractivity contribution in [2.45, 2.75) is 29.5 Å². The van der Waals surface area contributed by atoms with Gasteiger partial charge in [-0.3, -0.25) is 0 Å². The smallest absolute Gasteiger partial charge is 0.250 e. The van der Waals surface area contributed by atoms with Crippen LogP contribution in [0.15, 0.2) is 16.3 Å². The Hall–Kier alpha value is -0.470. The highest BCUT2D eigenvalue weighted by atomic mass is 32.2. The van der Waals surface area contributed by atoms with Gasteiger partial charge in [-0.15, -0.1) is 11.3 Å². The summed E-state index contributed by atoms with van der Waals surface area (Å²) < 4.78 is 32.6. The van der Waals surface area contributed by atoms with Crippen LogP contribution in [-0.4, -0.2) is 40.8 Å². The van der Waals surface area contributed by atoms with E-state index < -0.39 is 10.0 Å². The number of sulfonamides is 1. The zero-order valence-corrected chi connectivity index (χ0v) is 12.9. The van der Waals surface area contributed by atoms with Crippen molar-refractivity contribution in [2.24, 2.45) is 0 Å². The molecule has 0 aliphatic carbocycles. The maximum absolute atomic E-state index is 12.2. The van der Waals surface area contributed by atoms with Gasteiger partial charge in [0.2, 0.25) is 10.0 Å². The third-order valence-corrected chi connectivity index (χ3v) is 6.23. The van der Waals surface area contributed by atoms with Gasteiger partial charge in [-0.2, -0.15) is 0 Å². The van der Waals surface area contributed by atoms with Crippen molar-refractivity contribution in [3.8, 4) is 0 Å². The number of thiophene rings is 1. The van der Waals surface area contributed by atoms with E-state index in [2.05, 4.69) is 10.0 Å². The van der Waals surface area contributed by atoms with Gasteiger partial charge in [0.05, 0.1) is 12.1 Å². The van der Waals surface area contributed by atoms with Gasteiger partial charge in [0.1, 0.15) is 4.21 Å². The summed E-state index contributed by atoms with van der Waals surface area (Å²) in [5.74, 6) is 0. The van der Waals surface area contributed by atoms with Crippen LogP contribution in [0, 0.1) is 6.92 Å². The quantitative estimate of drug-likeness (QED) is 0.826. The van der Waals surface area contributed by atoms with E-state index in [-0.39, 0.29) is 5.54 Å². The van der Waals surface area contributed by atoms with Crippen LogP contribution in [0.1, 0.15) is 17.7 Å². The minimum absolute atomic E-state index is 0.270. The molecule has 1 aliphatic heterocycles. The van der Waals surface area contributed by atoms with Crippen molar-refractivity contribution in [1.82, 2.24) is 10.0 Å². The SMILES string of the molecule is COCC1(CNS(=O)(=O)c2ccc(C)s2)CCCN1. The second-order valence-electron chi connectivity index (χ2n) is 4.93. The van der Waals surface area contributed by atoms with Crippen LogP contribution in [0.5, 0.6) is 0 Å². The predicted octanol–water partition coefficient (Wildman–Crippen LogP) is 1.10.